The topological polar surface area (TPSA) is 52.9 Å². The summed E-state index contributed by atoms with van der Waals surface area (Å²) in [4.78, 5) is 12.7. The van der Waals surface area contributed by atoms with Gasteiger partial charge in [0.05, 0.1) is 17.3 Å². The van der Waals surface area contributed by atoms with E-state index in [9.17, 15) is 10.1 Å². The summed E-state index contributed by atoms with van der Waals surface area (Å²) in [5, 5.41) is 13.0. The second kappa shape index (κ2) is 6.22. The number of hydrogen-bond acceptors (Lipinski definition) is 2. The largest absolute Gasteiger partial charge is 0.321 e. The molecule has 1 fully saturated rings. The molecular formula is C22H20N2O. The van der Waals surface area contributed by atoms with Crippen LogP contribution in [0.5, 0.6) is 0 Å². The van der Waals surface area contributed by atoms with Crippen molar-refractivity contribution >= 4 is 11.6 Å². The van der Waals surface area contributed by atoms with Crippen molar-refractivity contribution in [1.29, 1.82) is 5.26 Å². The minimum Gasteiger partial charge on any atom is -0.321 e. The first kappa shape index (κ1) is 15.7. The monoisotopic (exact) mass is 328 g/mol. The maximum absolute atomic E-state index is 12.7. The molecule has 25 heavy (non-hydrogen) atoms. The van der Waals surface area contributed by atoms with Crippen molar-refractivity contribution in [1.82, 2.24) is 5.32 Å². The van der Waals surface area contributed by atoms with E-state index < -0.39 is 0 Å². The smallest absolute Gasteiger partial charge is 0.255 e. The molecule has 0 atom stereocenters. The van der Waals surface area contributed by atoms with Gasteiger partial charge in [0, 0.05) is 16.5 Å². The van der Waals surface area contributed by atoms with Crippen LogP contribution in [-0.2, 0) is 6.42 Å². The molecule has 0 saturated heterocycles. The number of nitriles is 1. The first-order valence-electron chi connectivity index (χ1n) is 8.83. The van der Waals surface area contributed by atoms with Gasteiger partial charge < -0.3 is 5.32 Å². The van der Waals surface area contributed by atoms with Crippen molar-refractivity contribution in [3.05, 3.63) is 76.9 Å². The van der Waals surface area contributed by atoms with Gasteiger partial charge in [0.2, 0.25) is 0 Å². The fourth-order valence-electron chi connectivity index (χ4n) is 4.33. The van der Waals surface area contributed by atoms with E-state index in [1.165, 1.54) is 5.56 Å². The molecule has 2 aliphatic rings. The summed E-state index contributed by atoms with van der Waals surface area (Å²) >= 11 is 0. The van der Waals surface area contributed by atoms with Crippen LogP contribution < -0.4 is 5.32 Å². The van der Waals surface area contributed by atoms with E-state index in [2.05, 4.69) is 17.5 Å². The Bertz CT molecular complexity index is 884. The highest BCUT2D eigenvalue weighted by Gasteiger charge is 2.43. The summed E-state index contributed by atoms with van der Waals surface area (Å²) in [5.41, 5.74) is 4.18. The molecule has 3 nitrogen and oxygen atoms in total. The van der Waals surface area contributed by atoms with Crippen LogP contribution in [0.2, 0.25) is 0 Å². The molecule has 0 unspecified atom stereocenters. The SMILES string of the molecule is N#CC1=C(NC(=O)c2ccccc2)c2ccccc2CC12CCCC2. The lowest BCUT2D eigenvalue weighted by molar-refractivity contribution is 0.0973. The second-order valence-corrected chi connectivity index (χ2v) is 7.00. The fraction of sp³-hybridized carbons (Fsp3) is 0.273. The van der Waals surface area contributed by atoms with Gasteiger partial charge in [0.1, 0.15) is 0 Å². The lowest BCUT2D eigenvalue weighted by Crippen LogP contribution is -2.33. The summed E-state index contributed by atoms with van der Waals surface area (Å²) in [5.74, 6) is -0.159. The van der Waals surface area contributed by atoms with Gasteiger partial charge in [0.25, 0.3) is 5.91 Å². The number of rotatable bonds is 2. The van der Waals surface area contributed by atoms with E-state index in [0.717, 1.165) is 43.2 Å². The Morgan fingerprint density at radius 2 is 1.68 bits per heavy atom. The summed E-state index contributed by atoms with van der Waals surface area (Å²) in [6.45, 7) is 0. The van der Waals surface area contributed by atoms with E-state index >= 15 is 0 Å². The van der Waals surface area contributed by atoms with Gasteiger partial charge in [-0.2, -0.15) is 5.26 Å². The van der Waals surface area contributed by atoms with Crippen LogP contribution >= 0.6 is 0 Å². The molecule has 124 valence electrons. The van der Waals surface area contributed by atoms with Crippen LogP contribution in [0.1, 0.15) is 47.2 Å². The molecule has 2 aromatic carbocycles. The number of allylic oxidation sites excluding steroid dienone is 1. The molecular weight excluding hydrogens is 308 g/mol. The predicted octanol–water partition coefficient (Wildman–Crippen LogP) is 4.47. The maximum Gasteiger partial charge on any atom is 0.255 e. The lowest BCUT2D eigenvalue weighted by Gasteiger charge is -2.36. The highest BCUT2D eigenvalue weighted by Crippen LogP contribution is 2.51. The van der Waals surface area contributed by atoms with Gasteiger partial charge in [-0.15, -0.1) is 0 Å². The third-order valence-corrected chi connectivity index (χ3v) is 5.54. The van der Waals surface area contributed by atoms with E-state index in [1.54, 1.807) is 12.1 Å². The van der Waals surface area contributed by atoms with Crippen LogP contribution in [0, 0.1) is 16.7 Å². The maximum atomic E-state index is 12.7. The quantitative estimate of drug-likeness (QED) is 0.884. The number of nitrogens with zero attached hydrogens (tertiary/aromatic N) is 1. The van der Waals surface area contributed by atoms with Gasteiger partial charge in [0.15, 0.2) is 0 Å². The summed E-state index contributed by atoms with van der Waals surface area (Å²) < 4.78 is 0. The zero-order valence-corrected chi connectivity index (χ0v) is 14.1. The second-order valence-electron chi connectivity index (χ2n) is 7.00. The molecule has 4 rings (SSSR count). The van der Waals surface area contributed by atoms with Crippen molar-refractivity contribution in [3.63, 3.8) is 0 Å². The number of carbonyl (C=O) groups is 1. The number of benzene rings is 2. The number of nitrogens with one attached hydrogen (secondary N) is 1. The lowest BCUT2D eigenvalue weighted by atomic mass is 9.68. The predicted molar refractivity (Wildman–Crippen MR) is 97.5 cm³/mol. The van der Waals surface area contributed by atoms with Crippen molar-refractivity contribution in [3.8, 4) is 6.07 Å². The number of fused-ring (bicyclic) bond motifs is 1. The molecule has 0 heterocycles. The van der Waals surface area contributed by atoms with Crippen molar-refractivity contribution in [2.75, 3.05) is 0 Å². The Morgan fingerprint density at radius 3 is 2.40 bits per heavy atom. The molecule has 1 amide bonds. The Balaban J connectivity index is 1.82. The Hall–Kier alpha value is -2.86. The zero-order valence-electron chi connectivity index (χ0n) is 14.1. The third-order valence-electron chi connectivity index (χ3n) is 5.54. The molecule has 1 saturated carbocycles. The molecule has 0 radical (unpaired) electrons. The van der Waals surface area contributed by atoms with Crippen LogP contribution in [0.15, 0.2) is 60.2 Å². The van der Waals surface area contributed by atoms with Crippen LogP contribution in [0.25, 0.3) is 5.70 Å². The van der Waals surface area contributed by atoms with Crippen LogP contribution in [0.4, 0.5) is 0 Å². The molecule has 0 bridgehead atoms. The molecule has 3 heteroatoms. The van der Waals surface area contributed by atoms with E-state index in [4.69, 9.17) is 0 Å². The highest BCUT2D eigenvalue weighted by molar-refractivity contribution is 6.01. The molecule has 2 aliphatic carbocycles. The molecule has 1 N–H and O–H groups in total. The molecule has 2 aromatic rings. The minimum absolute atomic E-state index is 0.109. The van der Waals surface area contributed by atoms with Crippen molar-refractivity contribution in [2.45, 2.75) is 32.1 Å². The van der Waals surface area contributed by atoms with Crippen LogP contribution in [-0.4, -0.2) is 5.91 Å². The summed E-state index contributed by atoms with van der Waals surface area (Å²) in [6.07, 6.45) is 5.24. The highest BCUT2D eigenvalue weighted by atomic mass is 16.1. The Kier molecular flexibility index (Phi) is 3.89. The number of amides is 1. The Labute approximate surface area is 148 Å². The van der Waals surface area contributed by atoms with Crippen molar-refractivity contribution in [2.24, 2.45) is 5.41 Å². The molecule has 1 spiro atoms. The van der Waals surface area contributed by atoms with Gasteiger partial charge in [-0.05, 0) is 37.0 Å². The van der Waals surface area contributed by atoms with E-state index in [-0.39, 0.29) is 11.3 Å². The van der Waals surface area contributed by atoms with Gasteiger partial charge in [-0.1, -0.05) is 55.3 Å². The average molecular weight is 328 g/mol. The minimum atomic E-state index is -0.159. The van der Waals surface area contributed by atoms with Gasteiger partial charge in [-0.25, -0.2) is 0 Å². The zero-order chi connectivity index (χ0) is 17.3. The van der Waals surface area contributed by atoms with E-state index in [0.29, 0.717) is 11.3 Å². The average Bonchev–Trinajstić information content (AvgIpc) is 3.11. The summed E-state index contributed by atoms with van der Waals surface area (Å²) in [7, 11) is 0. The third kappa shape index (κ3) is 2.64. The molecule has 0 aliphatic heterocycles. The standard InChI is InChI=1S/C22H20N2O/c23-15-19-20(24-21(25)16-8-2-1-3-9-16)18-11-5-4-10-17(18)14-22(19)12-6-7-13-22/h1-5,8-11H,6-7,12-14H2,(H,24,25). The molecule has 0 aromatic heterocycles. The first-order chi connectivity index (χ1) is 12.2. The van der Waals surface area contributed by atoms with Crippen molar-refractivity contribution < 1.29 is 4.79 Å². The van der Waals surface area contributed by atoms with Crippen LogP contribution in [0.3, 0.4) is 0 Å². The first-order valence-corrected chi connectivity index (χ1v) is 8.83. The Morgan fingerprint density at radius 1 is 1.00 bits per heavy atom. The summed E-state index contributed by atoms with van der Waals surface area (Å²) in [6, 6.07) is 19.8. The number of hydrogen-bond donors (Lipinski definition) is 1. The fourth-order valence-corrected chi connectivity index (χ4v) is 4.33. The normalized spacial score (nSPS) is 17.9. The van der Waals surface area contributed by atoms with Gasteiger partial charge in [-0.3, -0.25) is 4.79 Å². The van der Waals surface area contributed by atoms with E-state index in [1.807, 2.05) is 36.4 Å². The van der Waals surface area contributed by atoms with Gasteiger partial charge >= 0.3 is 0 Å². The number of carbonyl (C=O) groups excluding carboxylic acids is 1.